The van der Waals surface area contributed by atoms with Crippen LogP contribution in [0.3, 0.4) is 0 Å². The zero-order chi connectivity index (χ0) is 28.3. The number of carbonyl (C=O) groups is 1. The normalized spacial score (nSPS) is 13.8. The van der Waals surface area contributed by atoms with Gasteiger partial charge in [0.1, 0.15) is 12.4 Å². The van der Waals surface area contributed by atoms with Crippen LogP contribution in [-0.2, 0) is 17.2 Å². The van der Waals surface area contributed by atoms with Crippen molar-refractivity contribution in [3.05, 3.63) is 125 Å². The summed E-state index contributed by atoms with van der Waals surface area (Å²) in [5, 5.41) is 19.4. The molecule has 9 heteroatoms. The molecule has 0 fully saturated rings. The molecular weight excluding hydrogens is 556 g/mol. The molecule has 204 valence electrons. The molecule has 41 heavy (non-hydrogen) atoms. The molecule has 1 unspecified atom stereocenters. The Morgan fingerprint density at radius 1 is 0.976 bits per heavy atom. The van der Waals surface area contributed by atoms with Crippen molar-refractivity contribution < 1.29 is 19.3 Å². The lowest BCUT2D eigenvalue weighted by Gasteiger charge is -2.33. The largest absolute Gasteiger partial charge is 0.854 e. The molecule has 0 spiro atoms. The van der Waals surface area contributed by atoms with E-state index in [0.717, 1.165) is 11.1 Å². The Hall–Kier alpha value is -4.40. The highest BCUT2D eigenvalue weighted by atomic mass is 35.5. The molecule has 1 amide bonds. The number of para-hydroxylation sites is 2. The average Bonchev–Trinajstić information content (AvgIpc) is 2.99. The van der Waals surface area contributed by atoms with E-state index >= 15 is 0 Å². The maximum Gasteiger partial charge on any atom is 0.296 e. The van der Waals surface area contributed by atoms with Crippen molar-refractivity contribution in [2.24, 2.45) is 0 Å². The molecule has 7 nitrogen and oxygen atoms in total. The first-order valence-corrected chi connectivity index (χ1v) is 14.4. The van der Waals surface area contributed by atoms with Crippen LogP contribution in [-0.4, -0.2) is 16.0 Å². The van der Waals surface area contributed by atoms with E-state index in [2.05, 4.69) is 4.98 Å². The van der Waals surface area contributed by atoms with Gasteiger partial charge in [0.15, 0.2) is 0 Å². The van der Waals surface area contributed by atoms with Crippen LogP contribution >= 0.6 is 23.4 Å². The Kier molecular flexibility index (Phi) is 7.59. The van der Waals surface area contributed by atoms with E-state index in [1.165, 1.54) is 18.7 Å². The van der Waals surface area contributed by atoms with Gasteiger partial charge in [-0.05, 0) is 41.5 Å². The molecule has 4 aromatic carbocycles. The first kappa shape index (κ1) is 26.8. The fourth-order valence-corrected chi connectivity index (χ4v) is 6.05. The number of aromatic nitrogens is 3. The summed E-state index contributed by atoms with van der Waals surface area (Å²) < 4.78 is 7.90. The number of fused-ring (bicyclic) bond motifs is 3. The van der Waals surface area contributed by atoms with Gasteiger partial charge in [-0.1, -0.05) is 101 Å². The number of hydrogen-bond donors (Lipinski definition) is 0. The second-order valence-corrected chi connectivity index (χ2v) is 10.8. The predicted molar refractivity (Wildman–Crippen MR) is 157 cm³/mol. The summed E-state index contributed by atoms with van der Waals surface area (Å²) in [6.07, 6.45) is -0.778. The maximum absolute atomic E-state index is 13.6. The second-order valence-electron chi connectivity index (χ2n) is 9.46. The van der Waals surface area contributed by atoms with Gasteiger partial charge < -0.3 is 9.84 Å². The average molecular weight is 581 g/mol. The lowest BCUT2D eigenvalue weighted by Crippen LogP contribution is -2.58. The fourth-order valence-electron chi connectivity index (χ4n) is 4.94. The van der Waals surface area contributed by atoms with Crippen molar-refractivity contribution in [3.8, 4) is 22.9 Å². The minimum Gasteiger partial charge on any atom is -0.854 e. The third kappa shape index (κ3) is 5.36. The smallest absolute Gasteiger partial charge is 0.296 e. The van der Waals surface area contributed by atoms with Crippen LogP contribution in [0, 0.1) is 0 Å². The van der Waals surface area contributed by atoms with Gasteiger partial charge in [-0.3, -0.25) is 4.79 Å². The summed E-state index contributed by atoms with van der Waals surface area (Å²) in [5.41, 5.74) is 4.12. The monoisotopic (exact) mass is 580 g/mol. The summed E-state index contributed by atoms with van der Waals surface area (Å²) >= 11 is 7.68. The first-order valence-electron chi connectivity index (χ1n) is 13.0. The quantitative estimate of drug-likeness (QED) is 0.175. The number of benzene rings is 4. The Labute approximate surface area is 247 Å². The third-order valence-corrected chi connectivity index (χ3v) is 8.06. The molecule has 1 aliphatic heterocycles. The number of hydrogen-bond acceptors (Lipinski definition) is 6. The van der Waals surface area contributed by atoms with Crippen molar-refractivity contribution in [1.29, 1.82) is 0 Å². The van der Waals surface area contributed by atoms with E-state index < -0.39 is 12.0 Å². The molecule has 1 atom stereocenters. The highest BCUT2D eigenvalue weighted by molar-refractivity contribution is 7.98. The zero-order valence-corrected chi connectivity index (χ0v) is 23.7. The molecule has 0 saturated heterocycles. The number of anilines is 1. The minimum absolute atomic E-state index is 0.199. The summed E-state index contributed by atoms with van der Waals surface area (Å²) in [4.78, 5) is 19.3. The van der Waals surface area contributed by atoms with Crippen LogP contribution in [0.15, 0.2) is 108 Å². The van der Waals surface area contributed by atoms with Crippen molar-refractivity contribution >= 4 is 35.0 Å². The molecule has 1 aliphatic rings. The third-order valence-electron chi connectivity index (χ3n) is 6.81. The van der Waals surface area contributed by atoms with E-state index in [4.69, 9.17) is 21.4 Å². The lowest BCUT2D eigenvalue weighted by molar-refractivity contribution is -0.764. The molecule has 0 N–H and O–H groups in total. The molecule has 0 aliphatic carbocycles. The summed E-state index contributed by atoms with van der Waals surface area (Å²) in [6.45, 7) is 1.85. The van der Waals surface area contributed by atoms with Gasteiger partial charge in [-0.15, -0.1) is 0 Å². The summed E-state index contributed by atoms with van der Waals surface area (Å²) in [7, 11) is 0. The topological polar surface area (TPSA) is 82.3 Å². The molecule has 6 rings (SSSR count). The standard InChI is InChI=1S/C32H25ClN4O3S/c1-21(38)36-27-17-9-6-14-24(27)29-30(39)34-32(41-20-23-13-5-8-16-26(23)33)35-37(29)31(36)25-15-7-10-18-28(25)40-19-22-11-3-2-4-12-22/h2-18,31H,19-20H2,1H3. The number of nitrogens with zero attached hydrogens (tertiary/aromatic N) is 4. The van der Waals surface area contributed by atoms with Gasteiger partial charge in [-0.2, -0.15) is 0 Å². The van der Waals surface area contributed by atoms with Crippen LogP contribution in [0.25, 0.3) is 11.3 Å². The zero-order valence-electron chi connectivity index (χ0n) is 22.1. The number of halogens is 1. The van der Waals surface area contributed by atoms with Gasteiger partial charge >= 0.3 is 0 Å². The summed E-state index contributed by atoms with van der Waals surface area (Å²) in [6, 6.07) is 32.2. The maximum atomic E-state index is 13.6. The molecule has 5 aromatic rings. The van der Waals surface area contributed by atoms with Crippen LogP contribution in [0.5, 0.6) is 11.6 Å². The van der Waals surface area contributed by atoms with Gasteiger partial charge in [0.25, 0.3) is 17.0 Å². The van der Waals surface area contributed by atoms with Crippen LogP contribution in [0.4, 0.5) is 5.69 Å². The minimum atomic E-state index is -0.778. The number of rotatable bonds is 7. The highest BCUT2D eigenvalue weighted by Crippen LogP contribution is 2.42. The van der Waals surface area contributed by atoms with Gasteiger partial charge in [0, 0.05) is 22.8 Å². The fraction of sp³-hybridized carbons (Fsp3) is 0.125. The van der Waals surface area contributed by atoms with E-state index in [1.54, 1.807) is 9.58 Å². The molecule has 0 bridgehead atoms. The number of ether oxygens (including phenoxy) is 1. The Bertz CT molecular complexity index is 1730. The Balaban J connectivity index is 1.47. The van der Waals surface area contributed by atoms with Crippen LogP contribution in [0.2, 0.25) is 5.02 Å². The predicted octanol–water partition coefficient (Wildman–Crippen LogP) is 5.94. The van der Waals surface area contributed by atoms with Crippen molar-refractivity contribution in [3.63, 3.8) is 0 Å². The molecule has 1 aromatic heterocycles. The van der Waals surface area contributed by atoms with E-state index in [-0.39, 0.29) is 11.1 Å². The molecule has 0 radical (unpaired) electrons. The van der Waals surface area contributed by atoms with Crippen molar-refractivity contribution in [2.75, 3.05) is 4.90 Å². The number of amides is 1. The molecule has 0 saturated carbocycles. The van der Waals surface area contributed by atoms with E-state index in [0.29, 0.717) is 45.6 Å². The van der Waals surface area contributed by atoms with Crippen molar-refractivity contribution in [1.82, 2.24) is 10.1 Å². The highest BCUT2D eigenvalue weighted by Gasteiger charge is 2.45. The first-order chi connectivity index (χ1) is 20.0. The molecule has 2 heterocycles. The summed E-state index contributed by atoms with van der Waals surface area (Å²) in [5.74, 6) is 0.439. The lowest BCUT2D eigenvalue weighted by atomic mass is 10.0. The van der Waals surface area contributed by atoms with E-state index in [9.17, 15) is 9.90 Å². The van der Waals surface area contributed by atoms with Crippen LogP contribution in [0.1, 0.15) is 29.8 Å². The van der Waals surface area contributed by atoms with Gasteiger partial charge in [0.05, 0.1) is 22.7 Å². The Morgan fingerprint density at radius 2 is 1.68 bits per heavy atom. The molecular formula is C32H25ClN4O3S. The second kappa shape index (κ2) is 11.6. The SMILES string of the molecule is CC(=O)N1c2ccccc2-c2c([O-])nc(SCc3ccccc3Cl)n[n+]2C1c1ccccc1OCc1ccccc1. The number of carbonyl (C=O) groups excluding carboxylic acids is 1. The van der Waals surface area contributed by atoms with Gasteiger partial charge in [-0.25, -0.2) is 9.88 Å². The van der Waals surface area contributed by atoms with Crippen molar-refractivity contribution in [2.45, 2.75) is 30.6 Å². The van der Waals surface area contributed by atoms with Crippen LogP contribution < -0.4 is 19.4 Å². The Morgan fingerprint density at radius 3 is 2.49 bits per heavy atom. The van der Waals surface area contributed by atoms with E-state index in [1.807, 2.05) is 103 Å². The van der Waals surface area contributed by atoms with Gasteiger partial charge in [0.2, 0.25) is 5.91 Å². The number of thioether (sulfide) groups is 1.